The van der Waals surface area contributed by atoms with Crippen molar-refractivity contribution in [2.45, 2.75) is 13.3 Å². The highest BCUT2D eigenvalue weighted by Gasteiger charge is 1.80. The van der Waals surface area contributed by atoms with Crippen LogP contribution in [0.2, 0.25) is 0 Å². The second-order valence-electron chi connectivity index (χ2n) is 1.62. The van der Waals surface area contributed by atoms with Gasteiger partial charge in [-0.1, -0.05) is 5.92 Å². The summed E-state index contributed by atoms with van der Waals surface area (Å²) in [6, 6.07) is 0. The van der Waals surface area contributed by atoms with E-state index in [9.17, 15) is 0 Å². The van der Waals surface area contributed by atoms with Crippen molar-refractivity contribution in [1.29, 1.82) is 0 Å². The third-order valence-corrected chi connectivity index (χ3v) is 0.844. The number of nitrogens with two attached hydrogens (primary N) is 1. The van der Waals surface area contributed by atoms with Crippen LogP contribution in [0.4, 0.5) is 0 Å². The van der Waals surface area contributed by atoms with E-state index in [2.05, 4.69) is 11.8 Å². The zero-order chi connectivity index (χ0) is 6.95. The van der Waals surface area contributed by atoms with Crippen molar-refractivity contribution < 1.29 is 4.74 Å². The SMILES string of the molecule is CC#CCOCCCN. The molecule has 0 aliphatic rings. The maximum absolute atomic E-state index is 5.23. The molecule has 0 aromatic heterocycles. The second kappa shape index (κ2) is 7.48. The first-order chi connectivity index (χ1) is 4.41. The van der Waals surface area contributed by atoms with Crippen LogP contribution in [0.5, 0.6) is 0 Å². The predicted octanol–water partition coefficient (Wildman–Crippen LogP) is 0.375. The van der Waals surface area contributed by atoms with Gasteiger partial charge >= 0.3 is 0 Å². The highest BCUT2D eigenvalue weighted by Crippen LogP contribution is 1.76. The van der Waals surface area contributed by atoms with E-state index in [4.69, 9.17) is 10.5 Å². The molecule has 0 aliphatic carbocycles. The summed E-state index contributed by atoms with van der Waals surface area (Å²) in [7, 11) is 0. The normalized spacial score (nSPS) is 8.22. The van der Waals surface area contributed by atoms with E-state index in [0.717, 1.165) is 13.0 Å². The fraction of sp³-hybridized carbons (Fsp3) is 0.714. The van der Waals surface area contributed by atoms with Gasteiger partial charge in [-0.25, -0.2) is 0 Å². The second-order valence-corrected chi connectivity index (χ2v) is 1.62. The molecule has 2 N–H and O–H groups in total. The molecule has 0 rings (SSSR count). The van der Waals surface area contributed by atoms with E-state index < -0.39 is 0 Å². The lowest BCUT2D eigenvalue weighted by Gasteiger charge is -1.94. The van der Waals surface area contributed by atoms with Crippen molar-refractivity contribution in [3.63, 3.8) is 0 Å². The highest BCUT2D eigenvalue weighted by molar-refractivity contribution is 4.94. The lowest BCUT2D eigenvalue weighted by molar-refractivity contribution is 0.166. The van der Waals surface area contributed by atoms with E-state index in [0.29, 0.717) is 13.2 Å². The Kier molecular flexibility index (Phi) is 7.05. The summed E-state index contributed by atoms with van der Waals surface area (Å²) in [6.07, 6.45) is 0.922. The molecule has 0 saturated heterocycles. The number of rotatable bonds is 4. The Morgan fingerprint density at radius 1 is 1.56 bits per heavy atom. The van der Waals surface area contributed by atoms with Gasteiger partial charge in [-0.15, -0.1) is 5.92 Å². The molecule has 0 aliphatic heterocycles. The number of hydrogen-bond donors (Lipinski definition) is 1. The monoisotopic (exact) mass is 127 g/mol. The molecule has 52 valence electrons. The molecular formula is C7H13NO. The highest BCUT2D eigenvalue weighted by atomic mass is 16.5. The zero-order valence-corrected chi connectivity index (χ0v) is 5.81. The zero-order valence-electron chi connectivity index (χ0n) is 5.81. The third-order valence-electron chi connectivity index (χ3n) is 0.844. The minimum absolute atomic E-state index is 0.538. The van der Waals surface area contributed by atoms with Crippen LogP contribution in [-0.4, -0.2) is 19.8 Å². The van der Waals surface area contributed by atoms with Crippen LogP contribution in [0.15, 0.2) is 0 Å². The largest absolute Gasteiger partial charge is 0.369 e. The fourth-order valence-corrected chi connectivity index (χ4v) is 0.381. The molecule has 0 saturated carbocycles. The number of hydrogen-bond acceptors (Lipinski definition) is 2. The van der Waals surface area contributed by atoms with Gasteiger partial charge in [0.25, 0.3) is 0 Å². The van der Waals surface area contributed by atoms with Crippen LogP contribution in [0, 0.1) is 11.8 Å². The van der Waals surface area contributed by atoms with E-state index >= 15 is 0 Å². The molecule has 2 heteroatoms. The summed E-state index contributed by atoms with van der Waals surface area (Å²) in [4.78, 5) is 0. The predicted molar refractivity (Wildman–Crippen MR) is 37.9 cm³/mol. The molecule has 9 heavy (non-hydrogen) atoms. The smallest absolute Gasteiger partial charge is 0.107 e. The van der Waals surface area contributed by atoms with Crippen LogP contribution >= 0.6 is 0 Å². The van der Waals surface area contributed by atoms with Gasteiger partial charge < -0.3 is 10.5 Å². The fourth-order valence-electron chi connectivity index (χ4n) is 0.381. The van der Waals surface area contributed by atoms with Gasteiger partial charge in [-0.05, 0) is 19.9 Å². The molecule has 0 bridgehead atoms. The Morgan fingerprint density at radius 3 is 2.89 bits per heavy atom. The molecule has 0 heterocycles. The van der Waals surface area contributed by atoms with Crippen molar-refractivity contribution >= 4 is 0 Å². The van der Waals surface area contributed by atoms with Crippen LogP contribution in [0.1, 0.15) is 13.3 Å². The summed E-state index contributed by atoms with van der Waals surface area (Å²) >= 11 is 0. The Morgan fingerprint density at radius 2 is 2.33 bits per heavy atom. The van der Waals surface area contributed by atoms with Crippen LogP contribution < -0.4 is 5.73 Å². The minimum atomic E-state index is 0.538. The summed E-state index contributed by atoms with van der Waals surface area (Å²) in [5.41, 5.74) is 5.23. The Labute approximate surface area is 56.4 Å². The number of ether oxygens (including phenoxy) is 1. The molecule has 0 amide bonds. The average molecular weight is 127 g/mol. The standard InChI is InChI=1S/C7H13NO/c1-2-3-6-9-7-4-5-8/h4-8H2,1H3. The van der Waals surface area contributed by atoms with Crippen molar-refractivity contribution in [3.8, 4) is 11.8 Å². The van der Waals surface area contributed by atoms with E-state index in [1.165, 1.54) is 0 Å². The molecule has 0 unspecified atom stereocenters. The molecule has 0 atom stereocenters. The first-order valence-electron chi connectivity index (χ1n) is 3.09. The van der Waals surface area contributed by atoms with E-state index in [1.54, 1.807) is 6.92 Å². The average Bonchev–Trinajstić information content (AvgIpc) is 1.89. The van der Waals surface area contributed by atoms with Crippen molar-refractivity contribution in [3.05, 3.63) is 0 Å². The quantitative estimate of drug-likeness (QED) is 0.437. The maximum atomic E-state index is 5.23. The van der Waals surface area contributed by atoms with Crippen LogP contribution in [0.3, 0.4) is 0 Å². The van der Waals surface area contributed by atoms with Crippen molar-refractivity contribution in [2.24, 2.45) is 5.73 Å². The van der Waals surface area contributed by atoms with Gasteiger partial charge in [0.05, 0.1) is 0 Å². The molecular weight excluding hydrogens is 114 g/mol. The van der Waals surface area contributed by atoms with E-state index in [1.807, 2.05) is 0 Å². The van der Waals surface area contributed by atoms with Gasteiger partial charge in [0.15, 0.2) is 0 Å². The Balaban J connectivity index is 2.80. The summed E-state index contributed by atoms with van der Waals surface area (Å²) < 4.78 is 5.06. The van der Waals surface area contributed by atoms with E-state index in [-0.39, 0.29) is 0 Å². The maximum Gasteiger partial charge on any atom is 0.107 e. The van der Waals surface area contributed by atoms with Crippen LogP contribution in [0.25, 0.3) is 0 Å². The Hall–Kier alpha value is -0.520. The molecule has 0 radical (unpaired) electrons. The van der Waals surface area contributed by atoms with Crippen molar-refractivity contribution in [1.82, 2.24) is 0 Å². The molecule has 0 fully saturated rings. The summed E-state index contributed by atoms with van der Waals surface area (Å²) in [5.74, 6) is 5.53. The molecule has 0 aromatic carbocycles. The van der Waals surface area contributed by atoms with Gasteiger partial charge in [0, 0.05) is 6.61 Å². The Bertz CT molecular complexity index is 101. The van der Waals surface area contributed by atoms with Gasteiger partial charge in [0.1, 0.15) is 6.61 Å². The lowest BCUT2D eigenvalue weighted by Crippen LogP contribution is -2.04. The molecule has 0 spiro atoms. The minimum Gasteiger partial charge on any atom is -0.369 e. The van der Waals surface area contributed by atoms with Crippen molar-refractivity contribution in [2.75, 3.05) is 19.8 Å². The topological polar surface area (TPSA) is 35.2 Å². The third kappa shape index (κ3) is 7.48. The van der Waals surface area contributed by atoms with Crippen LogP contribution in [-0.2, 0) is 4.74 Å². The molecule has 2 nitrogen and oxygen atoms in total. The summed E-state index contributed by atoms with van der Waals surface area (Å²) in [6.45, 7) is 3.76. The van der Waals surface area contributed by atoms with Gasteiger partial charge in [-0.3, -0.25) is 0 Å². The first kappa shape index (κ1) is 8.48. The lowest BCUT2D eigenvalue weighted by atomic mass is 10.5. The van der Waals surface area contributed by atoms with Gasteiger partial charge in [0.2, 0.25) is 0 Å². The van der Waals surface area contributed by atoms with Gasteiger partial charge in [-0.2, -0.15) is 0 Å². The first-order valence-corrected chi connectivity index (χ1v) is 3.09. The molecule has 0 aromatic rings. The summed E-state index contributed by atoms with van der Waals surface area (Å²) in [5, 5.41) is 0.